The van der Waals surface area contributed by atoms with Crippen molar-refractivity contribution in [2.24, 2.45) is 5.92 Å². The first-order valence-corrected chi connectivity index (χ1v) is 9.31. The summed E-state index contributed by atoms with van der Waals surface area (Å²) in [6, 6.07) is 5.12. The lowest BCUT2D eigenvalue weighted by molar-refractivity contribution is 0.0827. The molecule has 1 aromatic heterocycles. The van der Waals surface area contributed by atoms with Crippen LogP contribution in [0.25, 0.3) is 11.0 Å². The van der Waals surface area contributed by atoms with E-state index in [0.29, 0.717) is 17.0 Å². The summed E-state index contributed by atoms with van der Waals surface area (Å²) in [4.78, 5) is 2.57. The number of rotatable bonds is 3. The Morgan fingerprint density at radius 1 is 1.24 bits per heavy atom. The predicted molar refractivity (Wildman–Crippen MR) is 80.7 cm³/mol. The summed E-state index contributed by atoms with van der Waals surface area (Å²) in [7, 11) is -3.55. The second-order valence-corrected chi connectivity index (χ2v) is 7.96. The monoisotopic (exact) mass is 324 g/mol. The summed E-state index contributed by atoms with van der Waals surface area (Å²) >= 11 is 1.04. The summed E-state index contributed by atoms with van der Waals surface area (Å²) in [5.41, 5.74) is 1.10. The minimum Gasteiger partial charge on any atom is -0.302 e. The Balaban J connectivity index is 1.66. The highest BCUT2D eigenvalue weighted by atomic mass is 32.2. The van der Waals surface area contributed by atoms with Crippen LogP contribution in [0.3, 0.4) is 0 Å². The van der Waals surface area contributed by atoms with Crippen molar-refractivity contribution in [3.8, 4) is 0 Å². The lowest BCUT2D eigenvalue weighted by atomic mass is 9.85. The SMILES string of the molecule is O=S(=O)(NC1CN2CCC1CC2)c1cccc2nsnc12. The zero-order valence-corrected chi connectivity index (χ0v) is 13.0. The Bertz CT molecular complexity index is 765. The van der Waals surface area contributed by atoms with Gasteiger partial charge in [0.05, 0.1) is 11.7 Å². The van der Waals surface area contributed by atoms with E-state index in [4.69, 9.17) is 0 Å². The molecule has 2 aromatic rings. The van der Waals surface area contributed by atoms with Crippen molar-refractivity contribution in [2.75, 3.05) is 19.6 Å². The molecule has 8 heteroatoms. The Labute approximate surface area is 127 Å². The molecular weight excluding hydrogens is 308 g/mol. The van der Waals surface area contributed by atoms with E-state index in [0.717, 1.165) is 44.2 Å². The maximum absolute atomic E-state index is 12.7. The van der Waals surface area contributed by atoms with Gasteiger partial charge in [-0.2, -0.15) is 8.75 Å². The van der Waals surface area contributed by atoms with Crippen molar-refractivity contribution in [2.45, 2.75) is 23.8 Å². The van der Waals surface area contributed by atoms with E-state index in [9.17, 15) is 8.42 Å². The van der Waals surface area contributed by atoms with Gasteiger partial charge in [0, 0.05) is 12.6 Å². The molecule has 6 nitrogen and oxygen atoms in total. The lowest BCUT2D eigenvalue weighted by Crippen LogP contribution is -2.57. The van der Waals surface area contributed by atoms with E-state index >= 15 is 0 Å². The van der Waals surface area contributed by atoms with Crippen LogP contribution in [0.1, 0.15) is 12.8 Å². The van der Waals surface area contributed by atoms with E-state index in [1.54, 1.807) is 18.2 Å². The molecule has 2 bridgehead atoms. The smallest absolute Gasteiger partial charge is 0.243 e. The fourth-order valence-corrected chi connectivity index (χ4v) is 5.42. The fourth-order valence-electron chi connectivity index (χ4n) is 3.36. The Morgan fingerprint density at radius 3 is 2.76 bits per heavy atom. The fraction of sp³-hybridized carbons (Fsp3) is 0.538. The topological polar surface area (TPSA) is 75.2 Å². The zero-order chi connectivity index (χ0) is 14.4. The van der Waals surface area contributed by atoms with Crippen LogP contribution in [0, 0.1) is 5.92 Å². The quantitative estimate of drug-likeness (QED) is 0.914. The molecule has 5 rings (SSSR count). The molecule has 3 saturated heterocycles. The number of nitrogens with one attached hydrogen (secondary N) is 1. The van der Waals surface area contributed by atoms with E-state index < -0.39 is 10.0 Å². The molecule has 1 atom stereocenters. The van der Waals surface area contributed by atoms with Gasteiger partial charge in [-0.15, -0.1) is 0 Å². The Kier molecular flexibility index (Phi) is 3.21. The Hall–Kier alpha value is -1.09. The number of aromatic nitrogens is 2. The summed E-state index contributed by atoms with van der Waals surface area (Å²) < 4.78 is 36.5. The minimum absolute atomic E-state index is 0.0133. The molecule has 1 aromatic carbocycles. The van der Waals surface area contributed by atoms with E-state index in [1.165, 1.54) is 0 Å². The molecule has 3 aliphatic heterocycles. The lowest BCUT2D eigenvalue weighted by Gasteiger charge is -2.44. The highest BCUT2D eigenvalue weighted by Gasteiger charge is 2.37. The van der Waals surface area contributed by atoms with Gasteiger partial charge in [-0.05, 0) is 44.0 Å². The molecule has 21 heavy (non-hydrogen) atoms. The summed E-state index contributed by atoms with van der Waals surface area (Å²) in [5, 5.41) is 0. The van der Waals surface area contributed by atoms with Crippen LogP contribution in [-0.2, 0) is 10.0 Å². The van der Waals surface area contributed by atoms with Crippen molar-refractivity contribution < 1.29 is 8.42 Å². The molecule has 1 unspecified atom stereocenters. The third kappa shape index (κ3) is 2.36. The number of nitrogens with zero attached hydrogens (tertiary/aromatic N) is 3. The molecule has 3 aliphatic rings. The van der Waals surface area contributed by atoms with Crippen LogP contribution in [0.4, 0.5) is 0 Å². The number of piperidine rings is 3. The van der Waals surface area contributed by atoms with Gasteiger partial charge in [0.1, 0.15) is 15.9 Å². The number of fused-ring (bicyclic) bond motifs is 4. The third-order valence-electron chi connectivity index (χ3n) is 4.50. The first-order valence-electron chi connectivity index (χ1n) is 7.09. The van der Waals surface area contributed by atoms with Crippen LogP contribution < -0.4 is 4.72 Å². The summed E-state index contributed by atoms with van der Waals surface area (Å²) in [5.74, 6) is 0.456. The standard InChI is InChI=1S/C13H16N4O2S2/c18-21(19,12-3-1-2-10-13(12)15-20-14-10)16-11-8-17-6-4-9(11)5-7-17/h1-3,9,11,16H,4-8H2. The average molecular weight is 324 g/mol. The van der Waals surface area contributed by atoms with Crippen molar-refractivity contribution >= 4 is 32.8 Å². The first-order chi connectivity index (χ1) is 10.1. The minimum atomic E-state index is -3.55. The van der Waals surface area contributed by atoms with Crippen LogP contribution >= 0.6 is 11.7 Å². The van der Waals surface area contributed by atoms with Gasteiger partial charge in [0.2, 0.25) is 10.0 Å². The van der Waals surface area contributed by atoms with Gasteiger partial charge in [-0.3, -0.25) is 0 Å². The van der Waals surface area contributed by atoms with Gasteiger partial charge in [-0.1, -0.05) is 6.07 Å². The van der Waals surface area contributed by atoms with Gasteiger partial charge in [0.25, 0.3) is 0 Å². The van der Waals surface area contributed by atoms with Crippen molar-refractivity contribution in [1.29, 1.82) is 0 Å². The molecule has 3 fully saturated rings. The third-order valence-corrected chi connectivity index (χ3v) is 6.57. The highest BCUT2D eigenvalue weighted by Crippen LogP contribution is 2.29. The predicted octanol–water partition coefficient (Wildman–Crippen LogP) is 1.06. The summed E-state index contributed by atoms with van der Waals surface area (Å²) in [6.07, 6.45) is 2.16. The number of benzene rings is 1. The van der Waals surface area contributed by atoms with Crippen LogP contribution in [0.2, 0.25) is 0 Å². The Morgan fingerprint density at radius 2 is 2.05 bits per heavy atom. The van der Waals surface area contributed by atoms with Crippen LogP contribution in [-0.4, -0.2) is 47.7 Å². The van der Waals surface area contributed by atoms with Gasteiger partial charge < -0.3 is 4.90 Å². The van der Waals surface area contributed by atoms with E-state index in [-0.39, 0.29) is 10.9 Å². The maximum Gasteiger partial charge on any atom is 0.243 e. The van der Waals surface area contributed by atoms with Gasteiger partial charge >= 0.3 is 0 Å². The molecule has 1 N–H and O–H groups in total. The van der Waals surface area contributed by atoms with E-state index in [1.807, 2.05) is 0 Å². The van der Waals surface area contributed by atoms with Crippen LogP contribution in [0.5, 0.6) is 0 Å². The molecule has 0 aliphatic carbocycles. The number of sulfonamides is 1. The van der Waals surface area contributed by atoms with E-state index in [2.05, 4.69) is 18.4 Å². The maximum atomic E-state index is 12.7. The molecule has 0 amide bonds. The van der Waals surface area contributed by atoms with Crippen molar-refractivity contribution in [3.63, 3.8) is 0 Å². The second-order valence-electron chi connectivity index (χ2n) is 5.75. The van der Waals surface area contributed by atoms with Crippen molar-refractivity contribution in [1.82, 2.24) is 18.4 Å². The molecule has 0 radical (unpaired) electrons. The number of hydrogen-bond donors (Lipinski definition) is 1. The molecule has 112 valence electrons. The van der Waals surface area contributed by atoms with Crippen LogP contribution in [0.15, 0.2) is 23.1 Å². The molecule has 0 saturated carbocycles. The first kappa shape index (κ1) is 13.6. The largest absolute Gasteiger partial charge is 0.302 e. The van der Waals surface area contributed by atoms with Gasteiger partial charge in [0.15, 0.2) is 0 Å². The molecule has 0 spiro atoms. The molecular formula is C13H16N4O2S2. The second kappa shape index (κ2) is 4.98. The van der Waals surface area contributed by atoms with Crippen molar-refractivity contribution in [3.05, 3.63) is 18.2 Å². The summed E-state index contributed by atoms with van der Waals surface area (Å²) in [6.45, 7) is 3.00. The normalized spacial score (nSPS) is 29.0. The zero-order valence-electron chi connectivity index (χ0n) is 11.4. The highest BCUT2D eigenvalue weighted by molar-refractivity contribution is 7.89. The number of hydrogen-bond acceptors (Lipinski definition) is 6. The molecule has 4 heterocycles. The average Bonchev–Trinajstić information content (AvgIpc) is 2.96. The van der Waals surface area contributed by atoms with Gasteiger partial charge in [-0.25, -0.2) is 13.1 Å².